The fraction of sp³-hybridized carbons (Fsp3) is 0.385. The maximum Gasteiger partial charge on any atom is 0.215 e. The number of hydrogen-bond acceptors (Lipinski definition) is 7. The fourth-order valence-electron chi connectivity index (χ4n) is 4.67. The van der Waals surface area contributed by atoms with Crippen LogP contribution in [0.4, 0.5) is 5.69 Å². The van der Waals surface area contributed by atoms with Gasteiger partial charge in [0.15, 0.2) is 5.78 Å². The molecule has 0 spiro atoms. The summed E-state index contributed by atoms with van der Waals surface area (Å²) in [6.45, 7) is 4.94. The molecule has 1 N–H and O–H groups in total. The third-order valence-corrected chi connectivity index (χ3v) is 7.02. The van der Waals surface area contributed by atoms with E-state index in [9.17, 15) is 4.79 Å². The summed E-state index contributed by atoms with van der Waals surface area (Å²) in [5.74, 6) is -0.223. The minimum Gasteiger partial charge on any atom is -0.491 e. The van der Waals surface area contributed by atoms with Crippen molar-refractivity contribution in [1.82, 2.24) is 14.9 Å². The van der Waals surface area contributed by atoms with Gasteiger partial charge in [0.05, 0.1) is 30.5 Å². The van der Waals surface area contributed by atoms with Crippen LogP contribution >= 0.6 is 23.2 Å². The van der Waals surface area contributed by atoms with Gasteiger partial charge in [0.2, 0.25) is 5.79 Å². The van der Waals surface area contributed by atoms with Crippen LogP contribution in [0.25, 0.3) is 0 Å². The number of Topliss-reactive ketones (excluding diaryl/α,β-unsaturated/α-hetero) is 1. The van der Waals surface area contributed by atoms with Crippen LogP contribution in [0.3, 0.4) is 0 Å². The number of ether oxygens (including phenoxy) is 3. The predicted molar refractivity (Wildman–Crippen MR) is 138 cm³/mol. The SMILES string of the molecule is CC(=O)C1CNCCN1c1ccc(OCC2COC(Cn3ccnc3)(c3ccc(Cl)cc3Cl)O2)cc1. The van der Waals surface area contributed by atoms with E-state index in [4.69, 9.17) is 37.4 Å². The molecular weight excluding hydrogens is 503 g/mol. The van der Waals surface area contributed by atoms with Crippen LogP contribution in [0.1, 0.15) is 12.5 Å². The summed E-state index contributed by atoms with van der Waals surface area (Å²) in [6, 6.07) is 12.9. The number of hydrogen-bond donors (Lipinski definition) is 1. The van der Waals surface area contributed by atoms with E-state index in [0.29, 0.717) is 47.7 Å². The van der Waals surface area contributed by atoms with Crippen LogP contribution in [-0.2, 0) is 26.6 Å². The summed E-state index contributed by atoms with van der Waals surface area (Å²) < 4.78 is 20.6. The maximum absolute atomic E-state index is 12.0. The zero-order valence-corrected chi connectivity index (χ0v) is 21.4. The molecule has 190 valence electrons. The first kappa shape index (κ1) is 25.0. The van der Waals surface area contributed by atoms with Crippen molar-refractivity contribution in [1.29, 1.82) is 0 Å². The lowest BCUT2D eigenvalue weighted by molar-refractivity contribution is -0.189. The number of imidazole rings is 1. The van der Waals surface area contributed by atoms with Crippen LogP contribution in [0.15, 0.2) is 61.2 Å². The molecule has 0 aliphatic carbocycles. The molecule has 0 amide bonds. The van der Waals surface area contributed by atoms with Crippen LogP contribution in [0.2, 0.25) is 10.0 Å². The number of rotatable bonds is 8. The van der Waals surface area contributed by atoms with E-state index in [1.807, 2.05) is 41.1 Å². The Hall–Kier alpha value is -2.62. The molecule has 8 nitrogen and oxygen atoms in total. The van der Waals surface area contributed by atoms with Gasteiger partial charge in [-0.15, -0.1) is 0 Å². The largest absolute Gasteiger partial charge is 0.491 e. The van der Waals surface area contributed by atoms with E-state index in [1.54, 1.807) is 31.6 Å². The molecule has 0 saturated carbocycles. The van der Waals surface area contributed by atoms with E-state index in [-0.39, 0.29) is 17.9 Å². The van der Waals surface area contributed by atoms with Crippen molar-refractivity contribution >= 4 is 34.7 Å². The Labute approximate surface area is 220 Å². The molecule has 3 unspecified atom stereocenters. The first-order valence-corrected chi connectivity index (χ1v) is 12.6. The number of ketones is 1. The van der Waals surface area contributed by atoms with E-state index >= 15 is 0 Å². The quantitative estimate of drug-likeness (QED) is 0.473. The minimum atomic E-state index is -1.09. The van der Waals surface area contributed by atoms with E-state index in [0.717, 1.165) is 18.8 Å². The molecule has 5 rings (SSSR count). The lowest BCUT2D eigenvalue weighted by Gasteiger charge is -2.36. The minimum absolute atomic E-state index is 0.154. The fourth-order valence-corrected chi connectivity index (χ4v) is 5.23. The number of halogens is 2. The Balaban J connectivity index is 1.26. The van der Waals surface area contributed by atoms with Gasteiger partial charge in [0.1, 0.15) is 18.5 Å². The molecule has 2 aliphatic heterocycles. The van der Waals surface area contributed by atoms with Crippen molar-refractivity contribution in [2.75, 3.05) is 37.7 Å². The summed E-state index contributed by atoms with van der Waals surface area (Å²) in [7, 11) is 0. The molecule has 36 heavy (non-hydrogen) atoms. The smallest absolute Gasteiger partial charge is 0.215 e. The van der Waals surface area contributed by atoms with Crippen molar-refractivity contribution in [2.45, 2.75) is 31.4 Å². The molecule has 2 aliphatic rings. The highest BCUT2D eigenvalue weighted by Gasteiger charge is 2.45. The van der Waals surface area contributed by atoms with Gasteiger partial charge in [-0.1, -0.05) is 29.3 Å². The Morgan fingerprint density at radius 2 is 2.08 bits per heavy atom. The maximum atomic E-state index is 12.0. The first-order chi connectivity index (χ1) is 17.4. The van der Waals surface area contributed by atoms with Crippen LogP contribution in [-0.4, -0.2) is 60.3 Å². The van der Waals surface area contributed by atoms with Crippen LogP contribution in [0, 0.1) is 0 Å². The Morgan fingerprint density at radius 1 is 1.25 bits per heavy atom. The molecule has 10 heteroatoms. The number of piperazine rings is 1. The van der Waals surface area contributed by atoms with Gasteiger partial charge in [0, 0.05) is 48.3 Å². The Bertz CT molecular complexity index is 1190. The lowest BCUT2D eigenvalue weighted by atomic mass is 10.1. The predicted octanol–water partition coefficient (Wildman–Crippen LogP) is 3.90. The zero-order valence-electron chi connectivity index (χ0n) is 19.9. The summed E-state index contributed by atoms with van der Waals surface area (Å²) >= 11 is 12.7. The van der Waals surface area contributed by atoms with Crippen LogP contribution in [0.5, 0.6) is 5.75 Å². The number of benzene rings is 2. The van der Waals surface area contributed by atoms with Gasteiger partial charge in [-0.2, -0.15) is 0 Å². The van der Waals surface area contributed by atoms with Gasteiger partial charge in [-0.05, 0) is 43.3 Å². The summed E-state index contributed by atoms with van der Waals surface area (Å²) in [5, 5.41) is 4.29. The van der Waals surface area contributed by atoms with Crippen molar-refractivity contribution in [3.05, 3.63) is 76.8 Å². The molecular formula is C26H28Cl2N4O4. The summed E-state index contributed by atoms with van der Waals surface area (Å²) in [5.41, 5.74) is 1.70. The molecule has 3 aromatic rings. The lowest BCUT2D eigenvalue weighted by Crippen LogP contribution is -2.54. The number of carbonyl (C=O) groups is 1. The van der Waals surface area contributed by atoms with Crippen molar-refractivity contribution in [3.8, 4) is 5.75 Å². The second-order valence-electron chi connectivity index (χ2n) is 8.99. The van der Waals surface area contributed by atoms with E-state index < -0.39 is 5.79 Å². The van der Waals surface area contributed by atoms with E-state index in [1.165, 1.54) is 0 Å². The van der Waals surface area contributed by atoms with Gasteiger partial charge in [0.25, 0.3) is 0 Å². The highest BCUT2D eigenvalue weighted by atomic mass is 35.5. The Morgan fingerprint density at radius 3 is 2.81 bits per heavy atom. The third-order valence-electron chi connectivity index (χ3n) is 6.47. The highest BCUT2D eigenvalue weighted by molar-refractivity contribution is 6.35. The average molecular weight is 531 g/mol. The molecule has 0 radical (unpaired) electrons. The molecule has 2 saturated heterocycles. The molecule has 2 fully saturated rings. The molecule has 1 aromatic heterocycles. The second kappa shape index (κ2) is 10.8. The monoisotopic (exact) mass is 530 g/mol. The number of aromatic nitrogens is 2. The standard InChI is InChI=1S/C26H28Cl2N4O4/c1-18(33)25-13-29-9-11-32(25)20-3-5-21(6-4-20)34-14-22-15-35-26(36-22,16-31-10-8-30-17-31)23-7-2-19(27)12-24(23)28/h2-8,10,12,17,22,25,29H,9,11,13-16H2,1H3. The molecule has 3 heterocycles. The van der Waals surface area contributed by atoms with Gasteiger partial charge in [-0.25, -0.2) is 4.98 Å². The summed E-state index contributed by atoms with van der Waals surface area (Å²) in [4.78, 5) is 18.3. The number of nitrogens with one attached hydrogen (secondary N) is 1. The average Bonchev–Trinajstić information content (AvgIpc) is 3.54. The van der Waals surface area contributed by atoms with Crippen molar-refractivity contribution in [2.24, 2.45) is 0 Å². The molecule has 2 aromatic carbocycles. The van der Waals surface area contributed by atoms with Crippen molar-refractivity contribution < 1.29 is 19.0 Å². The van der Waals surface area contributed by atoms with Gasteiger partial charge < -0.3 is 29.0 Å². The topological polar surface area (TPSA) is 77.9 Å². The zero-order chi connectivity index (χ0) is 25.1. The van der Waals surface area contributed by atoms with E-state index in [2.05, 4.69) is 15.2 Å². The van der Waals surface area contributed by atoms with Crippen LogP contribution < -0.4 is 15.0 Å². The molecule has 0 bridgehead atoms. The summed E-state index contributed by atoms with van der Waals surface area (Å²) in [6.07, 6.45) is 4.95. The number of carbonyl (C=O) groups excluding carboxylic acids is 1. The first-order valence-electron chi connectivity index (χ1n) is 11.9. The number of anilines is 1. The number of nitrogens with zero attached hydrogens (tertiary/aromatic N) is 3. The van der Waals surface area contributed by atoms with Gasteiger partial charge in [-0.3, -0.25) is 4.79 Å². The second-order valence-corrected chi connectivity index (χ2v) is 9.84. The third kappa shape index (κ3) is 5.38. The van der Waals surface area contributed by atoms with Crippen molar-refractivity contribution in [3.63, 3.8) is 0 Å². The normalized spacial score (nSPS) is 24.1. The van der Waals surface area contributed by atoms with Gasteiger partial charge >= 0.3 is 0 Å². The highest BCUT2D eigenvalue weighted by Crippen LogP contribution is 2.40. The molecule has 3 atom stereocenters. The Kier molecular flexibility index (Phi) is 7.50.